The van der Waals surface area contributed by atoms with Crippen LogP contribution in [0.15, 0.2) is 53.9 Å². The Morgan fingerprint density at radius 2 is 2.16 bits per heavy atom. The Labute approximate surface area is 215 Å². The van der Waals surface area contributed by atoms with Crippen molar-refractivity contribution in [2.75, 3.05) is 12.4 Å². The summed E-state index contributed by atoms with van der Waals surface area (Å²) in [5.74, 6) is 1.09. The summed E-state index contributed by atoms with van der Waals surface area (Å²) in [7, 11) is 1.41. The minimum absolute atomic E-state index is 0.329. The van der Waals surface area contributed by atoms with Crippen molar-refractivity contribution >= 4 is 34.7 Å². The number of alkyl carbamates (subject to hydrolysis) is 1. The lowest BCUT2D eigenvalue weighted by molar-refractivity contribution is -0.125. The number of imidazole rings is 1. The molecular weight excluding hydrogens is 506 g/mol. The van der Waals surface area contributed by atoms with Crippen molar-refractivity contribution in [3.8, 4) is 5.75 Å². The smallest absolute Gasteiger partial charge is 0.409 e. The Morgan fingerprint density at radius 3 is 2.95 bits per heavy atom. The maximum absolute atomic E-state index is 11.6. The number of carbonyl (C=O) groups excluding carboxylic acids is 1. The Morgan fingerprint density at radius 1 is 1.30 bits per heavy atom. The van der Waals surface area contributed by atoms with Crippen LogP contribution in [0.5, 0.6) is 5.75 Å². The van der Waals surface area contributed by atoms with Gasteiger partial charge < -0.3 is 40.1 Å². The molecular formula is C23H24ClN7O6. The van der Waals surface area contributed by atoms with E-state index in [1.54, 1.807) is 30.7 Å². The predicted octanol–water partition coefficient (Wildman–Crippen LogP) is 2.16. The van der Waals surface area contributed by atoms with Crippen LogP contribution in [0.4, 0.5) is 10.6 Å². The number of fused-ring (bicyclic) bond motifs is 1. The van der Waals surface area contributed by atoms with Crippen LogP contribution in [-0.4, -0.2) is 56.2 Å². The molecule has 0 radical (unpaired) electrons. The van der Waals surface area contributed by atoms with Crippen molar-refractivity contribution < 1.29 is 28.5 Å². The molecule has 1 amide bonds. The monoisotopic (exact) mass is 529 g/mol. The number of ether oxygens (including phenoxy) is 3. The molecule has 37 heavy (non-hydrogen) atoms. The van der Waals surface area contributed by atoms with Gasteiger partial charge in [0.05, 0.1) is 24.9 Å². The fourth-order valence-electron chi connectivity index (χ4n) is 3.87. The number of carbonyl (C=O) groups is 1. The Hall–Kier alpha value is -3.91. The number of benzene rings is 1. The number of nitrogens with one attached hydrogen (secondary N) is 2. The molecule has 1 aromatic carbocycles. The second kappa shape index (κ2) is 10.6. The van der Waals surface area contributed by atoms with Crippen molar-refractivity contribution in [1.29, 1.82) is 0 Å². The average Bonchev–Trinajstić information content (AvgIpc) is 3.63. The van der Waals surface area contributed by atoms with Crippen LogP contribution >= 0.6 is 11.6 Å². The number of aliphatic hydroxyl groups excluding tert-OH is 1. The van der Waals surface area contributed by atoms with Crippen LogP contribution in [0.3, 0.4) is 0 Å². The number of nitrogens with zero attached hydrogens (tertiary/aromatic N) is 4. The molecule has 0 saturated carbocycles. The van der Waals surface area contributed by atoms with E-state index in [0.717, 1.165) is 11.1 Å². The second-order valence-electron chi connectivity index (χ2n) is 8.19. The second-order valence-corrected chi connectivity index (χ2v) is 8.63. The van der Waals surface area contributed by atoms with E-state index in [2.05, 4.69) is 25.6 Å². The zero-order chi connectivity index (χ0) is 25.9. The first kappa shape index (κ1) is 24.8. The number of hydrogen-bond donors (Lipinski definition) is 4. The number of amides is 1. The van der Waals surface area contributed by atoms with E-state index in [9.17, 15) is 9.90 Å². The lowest BCUT2D eigenvalue weighted by atomic mass is 10.2. The molecule has 3 aromatic heterocycles. The lowest BCUT2D eigenvalue weighted by Crippen LogP contribution is -2.42. The molecule has 13 nitrogen and oxygen atoms in total. The molecule has 5 rings (SSSR count). The number of hydrogen-bond acceptors (Lipinski definition) is 11. The van der Waals surface area contributed by atoms with Crippen LogP contribution in [0, 0.1) is 0 Å². The van der Waals surface area contributed by atoms with Gasteiger partial charge in [-0.25, -0.2) is 19.7 Å². The summed E-state index contributed by atoms with van der Waals surface area (Å²) >= 11 is 6.22. The number of rotatable bonds is 8. The maximum atomic E-state index is 11.6. The summed E-state index contributed by atoms with van der Waals surface area (Å²) in [6.45, 7) is 0.666. The van der Waals surface area contributed by atoms with Gasteiger partial charge in [-0.05, 0) is 24.3 Å². The van der Waals surface area contributed by atoms with E-state index in [4.69, 9.17) is 36.0 Å². The molecule has 5 N–H and O–H groups in total. The summed E-state index contributed by atoms with van der Waals surface area (Å²) in [6, 6.07) is 6.20. The molecule has 0 spiro atoms. The number of aliphatic hydroxyl groups is 1. The lowest BCUT2D eigenvalue weighted by Gasteiger charge is -2.16. The van der Waals surface area contributed by atoms with Gasteiger partial charge in [0.25, 0.3) is 0 Å². The van der Waals surface area contributed by atoms with Crippen molar-refractivity contribution in [3.05, 3.63) is 65.6 Å². The minimum Gasteiger partial charge on any atom is -0.488 e. The first-order chi connectivity index (χ1) is 17.9. The fraction of sp³-hybridized carbons (Fsp3) is 0.304. The fourth-order valence-corrected chi connectivity index (χ4v) is 4.06. The van der Waals surface area contributed by atoms with Gasteiger partial charge in [0.1, 0.15) is 24.8 Å². The Kier molecular flexibility index (Phi) is 7.10. The highest BCUT2D eigenvalue weighted by Gasteiger charge is 2.45. The topological polar surface area (TPSA) is 172 Å². The third kappa shape index (κ3) is 5.15. The summed E-state index contributed by atoms with van der Waals surface area (Å²) in [4.78, 5) is 24.6. The molecule has 1 aliphatic rings. The molecule has 0 unspecified atom stereocenters. The third-order valence-electron chi connectivity index (χ3n) is 5.78. The molecule has 4 heterocycles. The van der Waals surface area contributed by atoms with Gasteiger partial charge in [-0.3, -0.25) is 4.57 Å². The maximum Gasteiger partial charge on any atom is 0.409 e. The molecule has 1 fully saturated rings. The van der Waals surface area contributed by atoms with Gasteiger partial charge in [-0.15, -0.1) is 0 Å². The van der Waals surface area contributed by atoms with Gasteiger partial charge in [-0.1, -0.05) is 11.6 Å². The van der Waals surface area contributed by atoms with E-state index in [1.165, 1.54) is 24.3 Å². The SMILES string of the molecule is CNC(=O)O[C@@H]1O[C@@H](n2cnc3c(NCc4cc(Cl)ccc4OCc4ccoc4)ncnc32)[C@H](O)[C@@H]1N. The van der Waals surface area contributed by atoms with E-state index >= 15 is 0 Å². The normalized spacial score (nSPS) is 21.2. The summed E-state index contributed by atoms with van der Waals surface area (Å²) in [5, 5.41) is 16.8. The average molecular weight is 530 g/mol. The van der Waals surface area contributed by atoms with E-state index in [-0.39, 0.29) is 0 Å². The first-order valence-corrected chi connectivity index (χ1v) is 11.6. The Balaban J connectivity index is 1.34. The molecule has 0 aliphatic carbocycles. The highest BCUT2D eigenvalue weighted by atomic mass is 35.5. The summed E-state index contributed by atoms with van der Waals surface area (Å²) in [6.07, 6.45) is 1.97. The number of furan rings is 1. The molecule has 194 valence electrons. The molecule has 0 bridgehead atoms. The van der Waals surface area contributed by atoms with Crippen LogP contribution in [0.1, 0.15) is 17.4 Å². The van der Waals surface area contributed by atoms with Gasteiger partial charge in [-0.2, -0.15) is 0 Å². The van der Waals surface area contributed by atoms with Gasteiger partial charge in [0, 0.05) is 29.7 Å². The minimum atomic E-state index is -1.18. The van der Waals surface area contributed by atoms with E-state index in [1.807, 2.05) is 6.07 Å². The predicted molar refractivity (Wildman–Crippen MR) is 131 cm³/mol. The van der Waals surface area contributed by atoms with Gasteiger partial charge >= 0.3 is 6.09 Å². The number of aromatic nitrogens is 4. The molecule has 1 aliphatic heterocycles. The molecule has 4 atom stereocenters. The van der Waals surface area contributed by atoms with Crippen molar-refractivity contribution in [1.82, 2.24) is 24.8 Å². The largest absolute Gasteiger partial charge is 0.488 e. The Bertz CT molecular complexity index is 1380. The summed E-state index contributed by atoms with van der Waals surface area (Å²) in [5.41, 5.74) is 8.53. The van der Waals surface area contributed by atoms with Crippen molar-refractivity contribution in [2.24, 2.45) is 5.73 Å². The van der Waals surface area contributed by atoms with E-state index in [0.29, 0.717) is 40.9 Å². The summed E-state index contributed by atoms with van der Waals surface area (Å²) < 4.78 is 23.3. The zero-order valence-corrected chi connectivity index (χ0v) is 20.3. The quantitative estimate of drug-likeness (QED) is 0.263. The van der Waals surface area contributed by atoms with Crippen LogP contribution in [-0.2, 0) is 22.6 Å². The zero-order valence-electron chi connectivity index (χ0n) is 19.6. The van der Waals surface area contributed by atoms with Crippen LogP contribution in [0.2, 0.25) is 5.02 Å². The molecule has 1 saturated heterocycles. The number of nitrogens with two attached hydrogens (primary N) is 1. The van der Waals surface area contributed by atoms with Crippen LogP contribution in [0.25, 0.3) is 11.2 Å². The van der Waals surface area contributed by atoms with Crippen LogP contribution < -0.4 is 21.1 Å². The number of anilines is 1. The molecule has 4 aromatic rings. The number of halogens is 1. The van der Waals surface area contributed by atoms with Crippen molar-refractivity contribution in [2.45, 2.75) is 37.8 Å². The van der Waals surface area contributed by atoms with Gasteiger partial charge in [0.15, 0.2) is 23.2 Å². The third-order valence-corrected chi connectivity index (χ3v) is 6.01. The van der Waals surface area contributed by atoms with E-state index < -0.39 is 30.8 Å². The first-order valence-electron chi connectivity index (χ1n) is 11.3. The highest BCUT2D eigenvalue weighted by Crippen LogP contribution is 2.32. The standard InChI is InChI=1S/C23H24ClN7O6/c1-26-23(33)37-22-16(25)18(32)21(36-22)31-11-30-17-19(28-10-29-20(17)31)27-7-13-6-14(24)2-3-15(13)35-9-12-4-5-34-8-12/h2-6,8,10-11,16,18,21-22,32H,7,9,25H2,1H3,(H,26,33)(H,27,28,29)/t16-,18+,21+,22-/m0/s1. The van der Waals surface area contributed by atoms with Gasteiger partial charge in [0.2, 0.25) is 6.29 Å². The highest BCUT2D eigenvalue weighted by molar-refractivity contribution is 6.30. The van der Waals surface area contributed by atoms with Crippen molar-refractivity contribution in [3.63, 3.8) is 0 Å². The molecule has 14 heteroatoms.